The highest BCUT2D eigenvalue weighted by Crippen LogP contribution is 2.33. The van der Waals surface area contributed by atoms with Crippen molar-refractivity contribution in [1.29, 1.82) is 0 Å². The van der Waals surface area contributed by atoms with Gasteiger partial charge in [0.25, 0.3) is 0 Å². The van der Waals surface area contributed by atoms with E-state index in [4.69, 9.17) is 0 Å². The zero-order chi connectivity index (χ0) is 80.2. The van der Waals surface area contributed by atoms with Crippen molar-refractivity contribution in [2.24, 2.45) is 0 Å². The Morgan fingerprint density at radius 3 is 0.361 bits per heavy atom. The van der Waals surface area contributed by atoms with Gasteiger partial charge in [0.1, 0.15) is 46.0 Å². The molecule has 0 radical (unpaired) electrons. The lowest BCUT2D eigenvalue weighted by Gasteiger charge is -2.26. The molecule has 0 amide bonds. The molecule has 16 heteroatoms. The second-order valence-corrected chi connectivity index (χ2v) is 33.7. The SMILES string of the molecule is C.C.C.C.C.C.Oc1ccc(/C=C/c2ccc(O)c(CN3CCCC3)c2)cc1CN1CCCC1.Oc1ccc(/C=C/c2ccc(O)c(CN3CCCCC3)c2)cc1CN1CCCCC1.Oc1ccc(/C=C\c2ccc(O)c(CN3CCCC3)c2)cc1CN1CCCC1.Oc1ccc(/C=C\c2ccc(O)c(CN3CCCCC3)c2)cc1CN1CCCCC1. The largest absolute Gasteiger partial charge is 0.508 e. The summed E-state index contributed by atoms with van der Waals surface area (Å²) in [7, 11) is 0. The van der Waals surface area contributed by atoms with Gasteiger partial charge < -0.3 is 40.9 Å². The number of hydrogen-bond donors (Lipinski definition) is 8. The van der Waals surface area contributed by atoms with E-state index in [-0.39, 0.29) is 44.6 Å². The van der Waals surface area contributed by atoms with Gasteiger partial charge in [-0.05, 0) is 349 Å². The molecule has 0 spiro atoms. The molecule has 0 aromatic heterocycles. The first kappa shape index (κ1) is 99.9. The molecular weight excluding hydrogens is 1510 g/mol. The first-order valence-corrected chi connectivity index (χ1v) is 43.8. The van der Waals surface area contributed by atoms with Crippen molar-refractivity contribution in [3.05, 3.63) is 235 Å². The predicted molar refractivity (Wildman–Crippen MR) is 516 cm³/mol. The van der Waals surface area contributed by atoms with Gasteiger partial charge in [-0.15, -0.1) is 0 Å². The van der Waals surface area contributed by atoms with E-state index in [0.717, 1.165) is 246 Å². The van der Waals surface area contributed by atoms with E-state index in [1.54, 1.807) is 48.5 Å². The van der Waals surface area contributed by atoms with E-state index < -0.39 is 0 Å². The van der Waals surface area contributed by atoms with Crippen LogP contribution < -0.4 is 0 Å². The van der Waals surface area contributed by atoms with Crippen LogP contribution in [0.25, 0.3) is 48.6 Å². The maximum absolute atomic E-state index is 10.3. The van der Waals surface area contributed by atoms with Gasteiger partial charge in [-0.2, -0.15) is 0 Å². The summed E-state index contributed by atoms with van der Waals surface area (Å²) in [5.74, 6) is 3.03. The van der Waals surface area contributed by atoms with Crippen LogP contribution in [0.3, 0.4) is 0 Å². The number of phenols is 8. The Labute approximate surface area is 735 Å². The summed E-state index contributed by atoms with van der Waals surface area (Å²) in [6, 6.07) is 46.7. The third-order valence-electron chi connectivity index (χ3n) is 24.4. The second-order valence-electron chi connectivity index (χ2n) is 33.7. The Balaban J connectivity index is 0.000000220. The number of benzene rings is 8. The summed E-state index contributed by atoms with van der Waals surface area (Å²) in [5.41, 5.74) is 16.6. The fourth-order valence-electron chi connectivity index (χ4n) is 17.6. The van der Waals surface area contributed by atoms with Crippen molar-refractivity contribution in [3.8, 4) is 46.0 Å². The van der Waals surface area contributed by atoms with Crippen LogP contribution in [0.2, 0.25) is 0 Å². The van der Waals surface area contributed by atoms with Gasteiger partial charge in [0.05, 0.1) is 0 Å². The van der Waals surface area contributed by atoms with Gasteiger partial charge in [0.15, 0.2) is 0 Å². The fraction of sp³-hybridized carbons (Fsp3) is 0.472. The minimum atomic E-state index is 0. The van der Waals surface area contributed by atoms with Crippen LogP contribution >= 0.6 is 0 Å². The highest BCUT2D eigenvalue weighted by molar-refractivity contribution is 5.74. The van der Waals surface area contributed by atoms with Crippen molar-refractivity contribution in [2.45, 2.75) is 225 Å². The summed E-state index contributed by atoms with van der Waals surface area (Å²) in [6.45, 7) is 24.4. The molecule has 8 aromatic rings. The Kier molecular flexibility index (Phi) is 42.4. The summed E-state index contributed by atoms with van der Waals surface area (Å²) < 4.78 is 0. The molecule has 8 aliphatic heterocycles. The van der Waals surface area contributed by atoms with Gasteiger partial charge >= 0.3 is 0 Å². The van der Waals surface area contributed by atoms with E-state index in [2.05, 4.69) is 136 Å². The van der Waals surface area contributed by atoms with Gasteiger partial charge in [-0.1, -0.05) is 167 Å². The lowest BCUT2D eigenvalue weighted by atomic mass is 10.0. The summed E-state index contributed by atoms with van der Waals surface area (Å²) >= 11 is 0. The molecule has 8 fully saturated rings. The topological polar surface area (TPSA) is 188 Å². The van der Waals surface area contributed by atoms with Crippen LogP contribution in [-0.2, 0) is 52.4 Å². The lowest BCUT2D eigenvalue weighted by Crippen LogP contribution is -2.29. The second kappa shape index (κ2) is 51.8. The van der Waals surface area contributed by atoms with Crippen molar-refractivity contribution in [3.63, 3.8) is 0 Å². The summed E-state index contributed by atoms with van der Waals surface area (Å²) in [5, 5.41) is 82.0. The molecule has 0 bridgehead atoms. The number of piperidine rings is 4. The molecule has 8 aromatic carbocycles. The minimum Gasteiger partial charge on any atom is -0.508 e. The monoisotopic (exact) mass is 1670 g/mol. The molecule has 0 saturated carbocycles. The van der Waals surface area contributed by atoms with E-state index in [1.807, 2.05) is 48.5 Å². The number of rotatable bonds is 24. The Hall–Kier alpha value is -9.20. The van der Waals surface area contributed by atoms with E-state index in [1.165, 1.54) is 128 Å². The van der Waals surface area contributed by atoms with Crippen molar-refractivity contribution in [2.75, 3.05) is 105 Å². The molecule has 0 aliphatic carbocycles. The van der Waals surface area contributed by atoms with Crippen LogP contribution in [0.1, 0.15) is 262 Å². The smallest absolute Gasteiger partial charge is 0.120 e. The lowest BCUT2D eigenvalue weighted by molar-refractivity contribution is 0.218. The van der Waals surface area contributed by atoms with Crippen molar-refractivity contribution in [1.82, 2.24) is 39.2 Å². The Morgan fingerprint density at radius 2 is 0.254 bits per heavy atom. The zero-order valence-corrected chi connectivity index (χ0v) is 68.7. The van der Waals surface area contributed by atoms with Gasteiger partial charge in [0, 0.05) is 96.9 Å². The molecular formula is C106H152N8O8. The Bertz CT molecular complexity index is 3980. The van der Waals surface area contributed by atoms with E-state index >= 15 is 0 Å². The van der Waals surface area contributed by atoms with E-state index in [0.29, 0.717) is 46.0 Å². The van der Waals surface area contributed by atoms with Gasteiger partial charge in [-0.3, -0.25) is 39.2 Å². The van der Waals surface area contributed by atoms with Crippen LogP contribution in [0.5, 0.6) is 46.0 Å². The van der Waals surface area contributed by atoms with Crippen LogP contribution in [0.4, 0.5) is 0 Å². The normalized spacial score (nSPS) is 17.7. The minimum absolute atomic E-state index is 0. The molecule has 122 heavy (non-hydrogen) atoms. The average molecular weight is 1670 g/mol. The summed E-state index contributed by atoms with van der Waals surface area (Å²) in [4.78, 5) is 19.3. The van der Waals surface area contributed by atoms with Gasteiger partial charge in [0.2, 0.25) is 0 Å². The summed E-state index contributed by atoms with van der Waals surface area (Å²) in [6.07, 6.45) is 42.0. The quantitative estimate of drug-likeness (QED) is 0.0267. The third kappa shape index (κ3) is 31.2. The van der Waals surface area contributed by atoms with Crippen LogP contribution in [-0.4, -0.2) is 185 Å². The van der Waals surface area contributed by atoms with E-state index in [9.17, 15) is 40.9 Å². The number of hydrogen-bond acceptors (Lipinski definition) is 16. The molecule has 8 heterocycles. The number of aromatic hydroxyl groups is 8. The number of likely N-dealkylation sites (tertiary alicyclic amines) is 8. The van der Waals surface area contributed by atoms with Crippen molar-refractivity contribution >= 4 is 48.6 Å². The molecule has 8 aliphatic rings. The predicted octanol–water partition coefficient (Wildman–Crippen LogP) is 23.2. The van der Waals surface area contributed by atoms with Crippen LogP contribution in [0.15, 0.2) is 146 Å². The number of nitrogens with zero attached hydrogens (tertiary/aromatic N) is 8. The first-order chi connectivity index (χ1) is 56.7. The molecule has 16 nitrogen and oxygen atoms in total. The maximum Gasteiger partial charge on any atom is 0.120 e. The molecule has 16 rings (SSSR count). The first-order valence-electron chi connectivity index (χ1n) is 43.8. The standard InChI is InChI=1S/2C26H34N2O2.2C24H30N2O2.6CH4/c2*29-25-11-9-21(17-23(25)19-27-13-3-1-4-14-27)7-8-22-10-12-26(30)24(18-22)20-28-15-5-2-6-16-28;2*27-23-9-7-19(15-21(23)17-25-11-1-2-12-25)5-6-20-8-10-24(28)22(16-20)18-26-13-3-4-14-26;;;;;;/h2*7-12,17-18,29-30H,1-6,13-16,19-20H2;2*5-10,15-16,27-28H,1-4,11-14,17-18H2;6*1H4/b8-7+;8-7-;6-5+;6-5-;;;;;;. The van der Waals surface area contributed by atoms with Crippen molar-refractivity contribution < 1.29 is 40.9 Å². The number of phenolic OH excluding ortho intramolecular Hbond substituents is 8. The van der Waals surface area contributed by atoms with Gasteiger partial charge in [-0.25, -0.2) is 0 Å². The third-order valence-corrected chi connectivity index (χ3v) is 24.4. The highest BCUT2D eigenvalue weighted by atomic mass is 16.3. The molecule has 0 unspecified atom stereocenters. The fourth-order valence-corrected chi connectivity index (χ4v) is 17.6. The molecule has 0 atom stereocenters. The average Bonchev–Trinajstić information content (AvgIpc) is 1.07. The van der Waals surface area contributed by atoms with Crippen LogP contribution in [0, 0.1) is 0 Å². The molecule has 8 saturated heterocycles. The maximum atomic E-state index is 10.3. The Morgan fingerprint density at radius 1 is 0.156 bits per heavy atom. The highest BCUT2D eigenvalue weighted by Gasteiger charge is 2.22. The zero-order valence-electron chi connectivity index (χ0n) is 68.7. The molecule has 664 valence electrons. The molecule has 8 N–H and O–H groups in total.